The summed E-state index contributed by atoms with van der Waals surface area (Å²) in [7, 11) is 0. The Labute approximate surface area is 89.7 Å². The summed E-state index contributed by atoms with van der Waals surface area (Å²) in [6.45, 7) is 0. The summed E-state index contributed by atoms with van der Waals surface area (Å²) in [6.07, 6.45) is 1.24. The standard InChI is InChI=1S/C9H6ClN3O2/c10-7-3-1-2-6(12-7)8-5(9(14)15)4-11-13-8/h1-4H,(H,11,13)(H,14,15). The van der Waals surface area contributed by atoms with Gasteiger partial charge >= 0.3 is 5.97 Å². The Balaban J connectivity index is 2.54. The van der Waals surface area contributed by atoms with Gasteiger partial charge in [0.2, 0.25) is 0 Å². The Morgan fingerprint density at radius 2 is 2.27 bits per heavy atom. The van der Waals surface area contributed by atoms with Crippen molar-refractivity contribution in [2.45, 2.75) is 0 Å². The number of aromatic amines is 1. The molecule has 0 aliphatic heterocycles. The van der Waals surface area contributed by atoms with Crippen LogP contribution in [0.2, 0.25) is 5.15 Å². The molecule has 2 aromatic heterocycles. The van der Waals surface area contributed by atoms with E-state index in [1.165, 1.54) is 6.20 Å². The number of nitrogens with one attached hydrogen (secondary N) is 1. The van der Waals surface area contributed by atoms with Gasteiger partial charge in [-0.25, -0.2) is 9.78 Å². The van der Waals surface area contributed by atoms with E-state index in [9.17, 15) is 4.79 Å². The molecule has 0 saturated carbocycles. The molecule has 0 fully saturated rings. The molecule has 0 spiro atoms. The highest BCUT2D eigenvalue weighted by atomic mass is 35.5. The lowest BCUT2D eigenvalue weighted by molar-refractivity contribution is 0.0698. The summed E-state index contributed by atoms with van der Waals surface area (Å²) in [5.74, 6) is -1.06. The van der Waals surface area contributed by atoms with Crippen LogP contribution >= 0.6 is 11.6 Å². The number of aromatic carboxylic acids is 1. The highest BCUT2D eigenvalue weighted by Gasteiger charge is 2.14. The molecule has 5 nitrogen and oxygen atoms in total. The van der Waals surface area contributed by atoms with Gasteiger partial charge in [-0.2, -0.15) is 5.10 Å². The number of hydrogen-bond acceptors (Lipinski definition) is 3. The molecule has 15 heavy (non-hydrogen) atoms. The Hall–Kier alpha value is -1.88. The largest absolute Gasteiger partial charge is 0.478 e. The van der Waals surface area contributed by atoms with Gasteiger partial charge in [0.05, 0.1) is 17.6 Å². The van der Waals surface area contributed by atoms with E-state index in [0.29, 0.717) is 16.5 Å². The fourth-order valence-electron chi connectivity index (χ4n) is 1.19. The van der Waals surface area contributed by atoms with E-state index in [2.05, 4.69) is 15.2 Å². The van der Waals surface area contributed by atoms with E-state index >= 15 is 0 Å². The average molecular weight is 224 g/mol. The number of aromatic nitrogens is 3. The Bertz CT molecular complexity index is 510. The number of carbonyl (C=O) groups is 1. The SMILES string of the molecule is O=C(O)c1cn[nH]c1-c1cccc(Cl)n1. The van der Waals surface area contributed by atoms with E-state index in [1.54, 1.807) is 18.2 Å². The minimum absolute atomic E-state index is 0.0739. The third-order valence-corrected chi connectivity index (χ3v) is 2.05. The van der Waals surface area contributed by atoms with Crippen molar-refractivity contribution >= 4 is 17.6 Å². The van der Waals surface area contributed by atoms with Crippen LogP contribution in [0.15, 0.2) is 24.4 Å². The molecule has 2 aromatic rings. The van der Waals surface area contributed by atoms with Crippen LogP contribution in [0.5, 0.6) is 0 Å². The maximum Gasteiger partial charge on any atom is 0.339 e. The Morgan fingerprint density at radius 3 is 2.93 bits per heavy atom. The molecule has 0 aromatic carbocycles. The number of halogens is 1. The first-order chi connectivity index (χ1) is 7.18. The van der Waals surface area contributed by atoms with Crippen molar-refractivity contribution in [3.8, 4) is 11.4 Å². The molecule has 0 aliphatic carbocycles. The third-order valence-electron chi connectivity index (χ3n) is 1.84. The van der Waals surface area contributed by atoms with E-state index in [-0.39, 0.29) is 5.56 Å². The monoisotopic (exact) mass is 223 g/mol. The molecule has 76 valence electrons. The zero-order valence-corrected chi connectivity index (χ0v) is 8.19. The van der Waals surface area contributed by atoms with Gasteiger partial charge in [-0.15, -0.1) is 0 Å². The molecular formula is C9H6ClN3O2. The molecule has 0 aliphatic rings. The van der Waals surface area contributed by atoms with Gasteiger partial charge in [0.15, 0.2) is 0 Å². The number of nitrogens with zero attached hydrogens (tertiary/aromatic N) is 2. The van der Waals surface area contributed by atoms with Gasteiger partial charge in [0, 0.05) is 0 Å². The first kappa shape index (κ1) is 9.67. The number of pyridine rings is 1. The van der Waals surface area contributed by atoms with Gasteiger partial charge in [-0.3, -0.25) is 5.10 Å². The Kier molecular flexibility index (Phi) is 2.39. The lowest BCUT2D eigenvalue weighted by Gasteiger charge is -1.98. The van der Waals surface area contributed by atoms with Crippen molar-refractivity contribution in [1.29, 1.82) is 0 Å². The van der Waals surface area contributed by atoms with Crippen LogP contribution in [0, 0.1) is 0 Å². The second-order valence-corrected chi connectivity index (χ2v) is 3.20. The van der Waals surface area contributed by atoms with Crippen LogP contribution < -0.4 is 0 Å². The van der Waals surface area contributed by atoms with Crippen LogP contribution in [0.25, 0.3) is 11.4 Å². The van der Waals surface area contributed by atoms with Crippen molar-refractivity contribution in [1.82, 2.24) is 15.2 Å². The summed E-state index contributed by atoms with van der Waals surface area (Å²) >= 11 is 5.70. The molecule has 2 rings (SSSR count). The molecule has 0 radical (unpaired) electrons. The van der Waals surface area contributed by atoms with E-state index in [4.69, 9.17) is 16.7 Å². The molecular weight excluding hydrogens is 218 g/mol. The summed E-state index contributed by atoms with van der Waals surface area (Å²) in [6, 6.07) is 4.96. The van der Waals surface area contributed by atoms with Crippen molar-refractivity contribution in [2.75, 3.05) is 0 Å². The average Bonchev–Trinajstić information content (AvgIpc) is 2.65. The molecule has 0 bridgehead atoms. The number of hydrogen-bond donors (Lipinski definition) is 2. The Morgan fingerprint density at radius 1 is 1.47 bits per heavy atom. The minimum atomic E-state index is -1.06. The van der Waals surface area contributed by atoms with Crippen molar-refractivity contribution in [2.24, 2.45) is 0 Å². The lowest BCUT2D eigenvalue weighted by Crippen LogP contribution is -1.97. The quantitative estimate of drug-likeness (QED) is 0.762. The summed E-state index contributed by atoms with van der Waals surface area (Å²) < 4.78 is 0. The second kappa shape index (κ2) is 3.70. The van der Waals surface area contributed by atoms with Gasteiger partial charge in [0.25, 0.3) is 0 Å². The summed E-state index contributed by atoms with van der Waals surface area (Å²) in [4.78, 5) is 14.8. The fourth-order valence-corrected chi connectivity index (χ4v) is 1.35. The maximum absolute atomic E-state index is 10.8. The van der Waals surface area contributed by atoms with E-state index in [1.807, 2.05) is 0 Å². The van der Waals surface area contributed by atoms with Crippen LogP contribution in [0.3, 0.4) is 0 Å². The van der Waals surface area contributed by atoms with Gasteiger partial charge in [0.1, 0.15) is 10.7 Å². The molecule has 0 saturated heterocycles. The van der Waals surface area contributed by atoms with Crippen LogP contribution in [-0.2, 0) is 0 Å². The summed E-state index contributed by atoms with van der Waals surface area (Å²) in [5, 5.41) is 15.4. The van der Waals surface area contributed by atoms with Gasteiger partial charge < -0.3 is 5.11 Å². The first-order valence-electron chi connectivity index (χ1n) is 4.08. The smallest absolute Gasteiger partial charge is 0.339 e. The second-order valence-electron chi connectivity index (χ2n) is 2.81. The predicted molar refractivity (Wildman–Crippen MR) is 53.8 cm³/mol. The number of rotatable bonds is 2. The minimum Gasteiger partial charge on any atom is -0.478 e. The topological polar surface area (TPSA) is 78.9 Å². The summed E-state index contributed by atoms with van der Waals surface area (Å²) in [5.41, 5.74) is 0.882. The molecule has 0 unspecified atom stereocenters. The van der Waals surface area contributed by atoms with Gasteiger partial charge in [-0.05, 0) is 12.1 Å². The zero-order valence-electron chi connectivity index (χ0n) is 7.44. The van der Waals surface area contributed by atoms with Crippen molar-refractivity contribution in [3.05, 3.63) is 35.1 Å². The number of H-pyrrole nitrogens is 1. The highest BCUT2D eigenvalue weighted by Crippen LogP contribution is 2.20. The lowest BCUT2D eigenvalue weighted by atomic mass is 10.2. The van der Waals surface area contributed by atoms with Gasteiger partial charge in [-0.1, -0.05) is 17.7 Å². The zero-order chi connectivity index (χ0) is 10.8. The molecule has 2 heterocycles. The van der Waals surface area contributed by atoms with Crippen LogP contribution in [0.1, 0.15) is 10.4 Å². The maximum atomic E-state index is 10.8. The fraction of sp³-hybridized carbons (Fsp3) is 0. The van der Waals surface area contributed by atoms with Crippen molar-refractivity contribution < 1.29 is 9.90 Å². The van der Waals surface area contributed by atoms with Crippen LogP contribution in [-0.4, -0.2) is 26.3 Å². The number of carboxylic acid groups (broad SMARTS) is 1. The molecule has 2 N–H and O–H groups in total. The molecule has 0 amide bonds. The third kappa shape index (κ3) is 1.82. The first-order valence-corrected chi connectivity index (χ1v) is 4.46. The normalized spacial score (nSPS) is 10.2. The molecule has 6 heteroatoms. The predicted octanol–water partition coefficient (Wildman–Crippen LogP) is 1.82. The van der Waals surface area contributed by atoms with E-state index in [0.717, 1.165) is 0 Å². The van der Waals surface area contributed by atoms with E-state index < -0.39 is 5.97 Å². The van der Waals surface area contributed by atoms with Crippen molar-refractivity contribution in [3.63, 3.8) is 0 Å². The molecule has 0 atom stereocenters. The highest BCUT2D eigenvalue weighted by molar-refractivity contribution is 6.29. The number of carboxylic acids is 1. The van der Waals surface area contributed by atoms with Crippen LogP contribution in [0.4, 0.5) is 0 Å².